The van der Waals surface area contributed by atoms with E-state index in [4.69, 9.17) is 0 Å². The van der Waals surface area contributed by atoms with Crippen LogP contribution in [0.15, 0.2) is 35.2 Å². The number of nitrogens with zero attached hydrogens (tertiary/aromatic N) is 3. The van der Waals surface area contributed by atoms with Gasteiger partial charge in [-0.15, -0.1) is 0 Å². The normalized spacial score (nSPS) is 23.9. The number of benzene rings is 1. The number of hydrogen-bond acceptors (Lipinski definition) is 4. The van der Waals surface area contributed by atoms with Crippen LogP contribution in [-0.4, -0.2) is 78.9 Å². The Labute approximate surface area is 162 Å². The van der Waals surface area contributed by atoms with E-state index in [-0.39, 0.29) is 23.7 Å². The van der Waals surface area contributed by atoms with Gasteiger partial charge in [-0.2, -0.15) is 4.31 Å². The second kappa shape index (κ2) is 7.41. The molecule has 1 aromatic rings. The molecule has 2 fully saturated rings. The summed E-state index contributed by atoms with van der Waals surface area (Å²) in [5.41, 5.74) is -0.286. The lowest BCUT2D eigenvalue weighted by atomic mass is 9.94. The molecule has 0 spiro atoms. The summed E-state index contributed by atoms with van der Waals surface area (Å²) in [7, 11) is -3.55. The van der Waals surface area contributed by atoms with Crippen molar-refractivity contribution in [3.8, 4) is 0 Å². The first-order valence-electron chi connectivity index (χ1n) is 9.48. The lowest BCUT2D eigenvalue weighted by Gasteiger charge is -2.55. The van der Waals surface area contributed by atoms with Gasteiger partial charge < -0.3 is 10.2 Å². The highest BCUT2D eigenvalue weighted by Crippen LogP contribution is 2.31. The highest BCUT2D eigenvalue weighted by molar-refractivity contribution is 7.89. The van der Waals surface area contributed by atoms with E-state index in [1.165, 1.54) is 0 Å². The summed E-state index contributed by atoms with van der Waals surface area (Å²) < 4.78 is 27.8. The molecule has 0 aliphatic carbocycles. The van der Waals surface area contributed by atoms with E-state index in [9.17, 15) is 13.2 Å². The average Bonchev–Trinajstić information content (AvgIpc) is 2.60. The number of sulfonamides is 1. The van der Waals surface area contributed by atoms with Crippen LogP contribution in [-0.2, 0) is 10.0 Å². The van der Waals surface area contributed by atoms with Crippen molar-refractivity contribution in [2.45, 2.75) is 50.2 Å². The predicted octanol–water partition coefficient (Wildman–Crippen LogP) is 1.57. The van der Waals surface area contributed by atoms with Crippen LogP contribution in [0.2, 0.25) is 0 Å². The van der Waals surface area contributed by atoms with E-state index in [1.54, 1.807) is 33.5 Å². The quantitative estimate of drug-likeness (QED) is 0.845. The number of rotatable bonds is 3. The summed E-state index contributed by atoms with van der Waals surface area (Å²) in [5.74, 6) is 0. The first-order valence-corrected chi connectivity index (χ1v) is 10.9. The number of hydrogen-bond donors (Lipinski definition) is 1. The maximum absolute atomic E-state index is 13.1. The summed E-state index contributed by atoms with van der Waals surface area (Å²) in [6.45, 7) is 10.8. The summed E-state index contributed by atoms with van der Waals surface area (Å²) in [5, 5.41) is 2.93. The minimum absolute atomic E-state index is 0.0149. The van der Waals surface area contributed by atoms with Gasteiger partial charge in [0.1, 0.15) is 0 Å². The zero-order valence-corrected chi connectivity index (χ0v) is 17.4. The maximum atomic E-state index is 13.1. The topological polar surface area (TPSA) is 73.0 Å². The van der Waals surface area contributed by atoms with Gasteiger partial charge in [0.25, 0.3) is 0 Å². The van der Waals surface area contributed by atoms with Gasteiger partial charge >= 0.3 is 6.03 Å². The largest absolute Gasteiger partial charge is 0.336 e. The number of urea groups is 1. The molecule has 1 N–H and O–H groups in total. The molecule has 0 radical (unpaired) electrons. The number of nitrogens with one attached hydrogen (secondary N) is 1. The summed E-state index contributed by atoms with van der Waals surface area (Å²) >= 11 is 0. The van der Waals surface area contributed by atoms with E-state index in [1.807, 2.05) is 19.9 Å². The van der Waals surface area contributed by atoms with Crippen LogP contribution in [0.3, 0.4) is 0 Å². The second-order valence-corrected chi connectivity index (χ2v) is 10.3. The van der Waals surface area contributed by atoms with Crippen LogP contribution in [0.4, 0.5) is 4.79 Å². The van der Waals surface area contributed by atoms with Gasteiger partial charge in [0.15, 0.2) is 0 Å². The van der Waals surface area contributed by atoms with E-state index in [2.05, 4.69) is 24.1 Å². The molecule has 7 nitrogen and oxygen atoms in total. The highest BCUT2D eigenvalue weighted by Gasteiger charge is 2.46. The van der Waals surface area contributed by atoms with Gasteiger partial charge in [-0.05, 0) is 39.8 Å². The van der Waals surface area contributed by atoms with Crippen LogP contribution in [0.25, 0.3) is 0 Å². The Kier molecular flexibility index (Phi) is 5.52. The third-order valence-electron chi connectivity index (χ3n) is 5.32. The minimum Gasteiger partial charge on any atom is -0.336 e. The fourth-order valence-corrected chi connectivity index (χ4v) is 5.73. The molecule has 2 amide bonds. The fraction of sp³-hybridized carbons (Fsp3) is 0.632. The van der Waals surface area contributed by atoms with E-state index in [0.717, 1.165) is 6.54 Å². The van der Waals surface area contributed by atoms with Gasteiger partial charge in [0.05, 0.1) is 4.90 Å². The Morgan fingerprint density at radius 2 is 1.81 bits per heavy atom. The monoisotopic (exact) mass is 394 g/mol. The van der Waals surface area contributed by atoms with Crippen LogP contribution in [0, 0.1) is 0 Å². The molecule has 150 valence electrons. The van der Waals surface area contributed by atoms with E-state index < -0.39 is 10.0 Å². The lowest BCUT2D eigenvalue weighted by molar-refractivity contribution is -0.0337. The zero-order chi connectivity index (χ0) is 19.8. The first kappa shape index (κ1) is 20.1. The molecule has 2 saturated heterocycles. The van der Waals surface area contributed by atoms with Gasteiger partial charge in [-0.3, -0.25) is 4.90 Å². The van der Waals surface area contributed by atoms with Crippen molar-refractivity contribution in [2.24, 2.45) is 0 Å². The van der Waals surface area contributed by atoms with Crippen molar-refractivity contribution in [3.05, 3.63) is 30.3 Å². The van der Waals surface area contributed by atoms with Gasteiger partial charge in [-0.1, -0.05) is 18.2 Å². The Balaban J connectivity index is 1.81. The van der Waals surface area contributed by atoms with Crippen LogP contribution < -0.4 is 5.32 Å². The van der Waals surface area contributed by atoms with Gasteiger partial charge in [-0.25, -0.2) is 13.2 Å². The maximum Gasteiger partial charge on any atom is 0.317 e. The molecule has 3 rings (SSSR count). The minimum atomic E-state index is -3.55. The van der Waals surface area contributed by atoms with Gasteiger partial charge in [0, 0.05) is 50.3 Å². The fourth-order valence-electron chi connectivity index (χ4n) is 4.08. The van der Waals surface area contributed by atoms with Crippen LogP contribution in [0.5, 0.6) is 0 Å². The molecule has 1 unspecified atom stereocenters. The van der Waals surface area contributed by atoms with Crippen molar-refractivity contribution in [3.63, 3.8) is 0 Å². The molecule has 1 aromatic carbocycles. The summed E-state index contributed by atoms with van der Waals surface area (Å²) in [6.07, 6.45) is 0. The summed E-state index contributed by atoms with van der Waals surface area (Å²) in [4.78, 5) is 16.9. The number of piperazine rings is 2. The number of amides is 2. The molecule has 1 atom stereocenters. The molecular weight excluding hydrogens is 364 g/mol. The van der Waals surface area contributed by atoms with E-state index >= 15 is 0 Å². The van der Waals surface area contributed by atoms with Crippen molar-refractivity contribution in [1.29, 1.82) is 0 Å². The molecule has 8 heteroatoms. The van der Waals surface area contributed by atoms with Crippen LogP contribution >= 0.6 is 0 Å². The summed E-state index contributed by atoms with van der Waals surface area (Å²) in [6, 6.07) is 8.56. The molecule has 0 aromatic heterocycles. The van der Waals surface area contributed by atoms with Gasteiger partial charge in [0.2, 0.25) is 10.0 Å². The van der Waals surface area contributed by atoms with Crippen molar-refractivity contribution in [2.75, 3.05) is 32.7 Å². The first-order chi connectivity index (χ1) is 12.6. The molecule has 0 saturated carbocycles. The van der Waals surface area contributed by atoms with Crippen molar-refractivity contribution >= 4 is 16.1 Å². The Bertz CT molecular complexity index is 779. The van der Waals surface area contributed by atoms with Crippen molar-refractivity contribution < 1.29 is 13.2 Å². The molecule has 27 heavy (non-hydrogen) atoms. The Morgan fingerprint density at radius 1 is 1.15 bits per heavy atom. The molecule has 2 heterocycles. The number of carbonyl (C=O) groups is 1. The molecular formula is C19H30N4O3S. The lowest BCUT2D eigenvalue weighted by Crippen LogP contribution is -2.71. The Morgan fingerprint density at radius 3 is 2.44 bits per heavy atom. The molecule has 0 bridgehead atoms. The van der Waals surface area contributed by atoms with Crippen molar-refractivity contribution in [1.82, 2.24) is 19.4 Å². The van der Waals surface area contributed by atoms with E-state index in [0.29, 0.717) is 31.1 Å². The highest BCUT2D eigenvalue weighted by atomic mass is 32.2. The standard InChI is InChI=1S/C19H30N4O3S/c1-15(2)20-18(24)21-10-11-23-16(12-21)13-22(14-19(23,3)4)27(25,26)17-8-6-5-7-9-17/h5-9,15-16H,10-14H2,1-4H3,(H,20,24). The zero-order valence-electron chi connectivity index (χ0n) is 16.6. The Hall–Kier alpha value is -1.64. The third kappa shape index (κ3) is 4.12. The predicted molar refractivity (Wildman–Crippen MR) is 105 cm³/mol. The van der Waals surface area contributed by atoms with Crippen LogP contribution in [0.1, 0.15) is 27.7 Å². The number of carbonyl (C=O) groups excluding carboxylic acids is 1. The smallest absolute Gasteiger partial charge is 0.317 e. The molecule has 2 aliphatic heterocycles. The molecule has 2 aliphatic rings. The number of fused-ring (bicyclic) bond motifs is 1. The third-order valence-corrected chi connectivity index (χ3v) is 7.14. The average molecular weight is 395 g/mol. The SMILES string of the molecule is CC(C)NC(=O)N1CCN2C(C1)CN(S(=O)(=O)c1ccccc1)CC2(C)C. The second-order valence-electron chi connectivity index (χ2n) is 8.32.